The van der Waals surface area contributed by atoms with Gasteiger partial charge >= 0.3 is 0 Å². The topological polar surface area (TPSA) is 61.7 Å². The van der Waals surface area contributed by atoms with Gasteiger partial charge in [0.25, 0.3) is 0 Å². The second kappa shape index (κ2) is 7.15. The molecule has 1 aromatic heterocycles. The molecular formula is C18H24N4O2. The lowest BCUT2D eigenvalue weighted by Crippen LogP contribution is -2.44. The highest BCUT2D eigenvalue weighted by Gasteiger charge is 2.37. The van der Waals surface area contributed by atoms with Crippen LogP contribution in [0.3, 0.4) is 0 Å². The Bertz CT molecular complexity index is 667. The number of β-amino-alcohol motifs (C(OH)–C–C–N with tert-alkyl or cyclic N) is 1. The van der Waals surface area contributed by atoms with Crippen LogP contribution in [0.5, 0.6) is 5.88 Å². The number of benzene rings is 1. The van der Waals surface area contributed by atoms with Crippen molar-refractivity contribution in [2.75, 3.05) is 38.7 Å². The normalized spacial score (nSPS) is 21.0. The number of aromatic nitrogens is 2. The zero-order valence-corrected chi connectivity index (χ0v) is 14.2. The van der Waals surface area contributed by atoms with Gasteiger partial charge in [-0.15, -0.1) is 0 Å². The molecule has 0 radical (unpaired) electrons. The molecule has 6 nitrogen and oxygen atoms in total. The van der Waals surface area contributed by atoms with Gasteiger partial charge in [-0.25, -0.2) is 4.98 Å². The van der Waals surface area contributed by atoms with Crippen molar-refractivity contribution in [1.82, 2.24) is 14.9 Å². The molecule has 0 saturated carbocycles. The maximum absolute atomic E-state index is 10.9. The summed E-state index contributed by atoms with van der Waals surface area (Å²) < 4.78 is 5.14. The third-order valence-corrected chi connectivity index (χ3v) is 4.36. The maximum atomic E-state index is 10.9. The van der Waals surface area contributed by atoms with Crippen molar-refractivity contribution in [3.05, 3.63) is 48.2 Å². The fourth-order valence-electron chi connectivity index (χ4n) is 3.19. The van der Waals surface area contributed by atoms with Crippen LogP contribution in [-0.2, 0) is 6.54 Å². The van der Waals surface area contributed by atoms with Crippen molar-refractivity contribution in [1.29, 1.82) is 0 Å². The van der Waals surface area contributed by atoms with E-state index in [1.54, 1.807) is 19.4 Å². The molecule has 6 heteroatoms. The second-order valence-electron chi connectivity index (χ2n) is 6.43. The number of likely N-dealkylation sites (N-methyl/N-ethyl adjacent to an activating group) is 1. The van der Waals surface area contributed by atoms with E-state index in [-0.39, 0.29) is 0 Å². The molecule has 2 heterocycles. The maximum Gasteiger partial charge on any atom is 0.228 e. The van der Waals surface area contributed by atoms with Crippen molar-refractivity contribution in [3.63, 3.8) is 0 Å². The van der Waals surface area contributed by atoms with Crippen LogP contribution in [0, 0.1) is 0 Å². The summed E-state index contributed by atoms with van der Waals surface area (Å²) in [5.74, 6) is 1.08. The van der Waals surface area contributed by atoms with Gasteiger partial charge in [0.1, 0.15) is 0 Å². The van der Waals surface area contributed by atoms with Crippen molar-refractivity contribution < 1.29 is 9.84 Å². The molecule has 1 saturated heterocycles. The van der Waals surface area contributed by atoms with Crippen LogP contribution >= 0.6 is 0 Å². The summed E-state index contributed by atoms with van der Waals surface area (Å²) in [6.07, 6.45) is 2.41. The standard InChI is InChI=1S/C18H24N4O2/c1-21(17-19-10-8-16(20-17)24-2)13-18(23)9-11-22(14-18)12-15-6-4-3-5-7-15/h3-8,10,23H,9,11-14H2,1-2H3/t18-/m0/s1. The first kappa shape index (κ1) is 16.7. The van der Waals surface area contributed by atoms with Crippen LogP contribution in [-0.4, -0.2) is 59.4 Å². The minimum absolute atomic E-state index is 0.492. The van der Waals surface area contributed by atoms with E-state index in [1.165, 1.54) is 5.56 Å². The zero-order valence-electron chi connectivity index (χ0n) is 14.2. The van der Waals surface area contributed by atoms with Crippen molar-refractivity contribution >= 4 is 5.95 Å². The molecule has 1 aliphatic heterocycles. The number of ether oxygens (including phenoxy) is 1. The molecule has 3 rings (SSSR count). The van der Waals surface area contributed by atoms with E-state index in [2.05, 4.69) is 27.0 Å². The molecule has 0 aliphatic carbocycles. The lowest BCUT2D eigenvalue weighted by molar-refractivity contribution is 0.0559. The molecule has 1 aromatic carbocycles. The summed E-state index contributed by atoms with van der Waals surface area (Å²) in [6.45, 7) is 2.89. The van der Waals surface area contributed by atoms with Crippen LogP contribution in [0.2, 0.25) is 0 Å². The number of anilines is 1. The summed E-state index contributed by atoms with van der Waals surface area (Å²) in [4.78, 5) is 12.7. The first-order valence-corrected chi connectivity index (χ1v) is 8.15. The Morgan fingerprint density at radius 1 is 1.29 bits per heavy atom. The Hall–Kier alpha value is -2.18. The monoisotopic (exact) mass is 328 g/mol. The zero-order chi connectivity index (χ0) is 17.0. The average molecular weight is 328 g/mol. The van der Waals surface area contributed by atoms with Gasteiger partial charge in [-0.1, -0.05) is 30.3 Å². The van der Waals surface area contributed by atoms with E-state index in [0.717, 1.165) is 19.5 Å². The summed E-state index contributed by atoms with van der Waals surface area (Å²) in [5.41, 5.74) is 0.516. The first-order chi connectivity index (χ1) is 11.6. The first-order valence-electron chi connectivity index (χ1n) is 8.15. The SMILES string of the molecule is COc1ccnc(N(C)C[C@@]2(O)CCN(Cc3ccccc3)C2)n1. The van der Waals surface area contributed by atoms with Gasteiger partial charge in [-0.2, -0.15) is 4.98 Å². The highest BCUT2D eigenvalue weighted by atomic mass is 16.5. The Kier molecular flexibility index (Phi) is 4.97. The predicted octanol–water partition coefficient (Wildman–Crippen LogP) is 1.56. The van der Waals surface area contributed by atoms with E-state index in [0.29, 0.717) is 24.9 Å². The van der Waals surface area contributed by atoms with Crippen LogP contribution in [0.1, 0.15) is 12.0 Å². The van der Waals surface area contributed by atoms with Gasteiger partial charge in [-0.05, 0) is 12.0 Å². The van der Waals surface area contributed by atoms with E-state index in [4.69, 9.17) is 4.74 Å². The van der Waals surface area contributed by atoms with Gasteiger partial charge in [0.2, 0.25) is 11.8 Å². The van der Waals surface area contributed by atoms with E-state index >= 15 is 0 Å². The number of likely N-dealkylation sites (tertiary alicyclic amines) is 1. The molecule has 1 fully saturated rings. The highest BCUT2D eigenvalue weighted by Crippen LogP contribution is 2.25. The van der Waals surface area contributed by atoms with Crippen LogP contribution in [0.15, 0.2) is 42.6 Å². The molecule has 0 bridgehead atoms. The molecule has 128 valence electrons. The molecule has 1 N–H and O–H groups in total. The Morgan fingerprint density at radius 3 is 2.83 bits per heavy atom. The van der Waals surface area contributed by atoms with Gasteiger partial charge < -0.3 is 14.7 Å². The van der Waals surface area contributed by atoms with Crippen molar-refractivity contribution in [3.8, 4) is 5.88 Å². The third kappa shape index (κ3) is 4.01. The Labute approximate surface area is 142 Å². The van der Waals surface area contributed by atoms with E-state index < -0.39 is 5.60 Å². The number of nitrogens with zero attached hydrogens (tertiary/aromatic N) is 4. The molecule has 0 unspecified atom stereocenters. The number of methoxy groups -OCH3 is 1. The number of hydrogen-bond donors (Lipinski definition) is 1. The lowest BCUT2D eigenvalue weighted by atomic mass is 10.0. The highest BCUT2D eigenvalue weighted by molar-refractivity contribution is 5.31. The minimum Gasteiger partial charge on any atom is -0.481 e. The van der Waals surface area contributed by atoms with Gasteiger partial charge in [0.15, 0.2) is 0 Å². The largest absolute Gasteiger partial charge is 0.481 e. The Balaban J connectivity index is 1.60. The Morgan fingerprint density at radius 2 is 2.08 bits per heavy atom. The summed E-state index contributed by atoms with van der Waals surface area (Å²) in [5, 5.41) is 10.9. The van der Waals surface area contributed by atoms with E-state index in [9.17, 15) is 5.11 Å². The van der Waals surface area contributed by atoms with Gasteiger partial charge in [0.05, 0.1) is 19.3 Å². The predicted molar refractivity (Wildman–Crippen MR) is 93.1 cm³/mol. The van der Waals surface area contributed by atoms with Crippen molar-refractivity contribution in [2.24, 2.45) is 0 Å². The number of hydrogen-bond acceptors (Lipinski definition) is 6. The average Bonchev–Trinajstić information content (AvgIpc) is 2.96. The van der Waals surface area contributed by atoms with Crippen LogP contribution in [0.4, 0.5) is 5.95 Å². The second-order valence-corrected chi connectivity index (χ2v) is 6.43. The molecule has 2 aromatic rings. The van der Waals surface area contributed by atoms with Gasteiger partial charge in [-0.3, -0.25) is 4.90 Å². The molecule has 24 heavy (non-hydrogen) atoms. The van der Waals surface area contributed by atoms with Crippen LogP contribution in [0.25, 0.3) is 0 Å². The molecule has 0 amide bonds. The van der Waals surface area contributed by atoms with Gasteiger partial charge in [0, 0.05) is 38.9 Å². The summed E-state index contributed by atoms with van der Waals surface area (Å²) in [7, 11) is 3.48. The van der Waals surface area contributed by atoms with Crippen molar-refractivity contribution in [2.45, 2.75) is 18.6 Å². The number of aliphatic hydroxyl groups is 1. The number of rotatable bonds is 6. The minimum atomic E-state index is -0.754. The smallest absolute Gasteiger partial charge is 0.228 e. The fourth-order valence-corrected chi connectivity index (χ4v) is 3.19. The summed E-state index contributed by atoms with van der Waals surface area (Å²) in [6, 6.07) is 12.1. The molecule has 1 aliphatic rings. The van der Waals surface area contributed by atoms with Crippen LogP contribution < -0.4 is 9.64 Å². The third-order valence-electron chi connectivity index (χ3n) is 4.36. The molecule has 0 spiro atoms. The lowest BCUT2D eigenvalue weighted by Gasteiger charge is -2.29. The molecule has 1 atom stereocenters. The quantitative estimate of drug-likeness (QED) is 0.868. The van der Waals surface area contributed by atoms with E-state index in [1.807, 2.05) is 30.1 Å². The summed E-state index contributed by atoms with van der Waals surface area (Å²) >= 11 is 0. The fraction of sp³-hybridized carbons (Fsp3) is 0.444. The molecular weight excluding hydrogens is 304 g/mol.